The van der Waals surface area contributed by atoms with Gasteiger partial charge in [-0.1, -0.05) is 63.2 Å². The number of benzene rings is 2. The molecular formula is C30H38O2S. The number of phenols is 1. The minimum absolute atomic E-state index is 0.00362. The van der Waals surface area contributed by atoms with Crippen molar-refractivity contribution in [3.05, 3.63) is 76.4 Å². The molecule has 3 heteroatoms. The lowest BCUT2D eigenvalue weighted by Crippen LogP contribution is -2.16. The van der Waals surface area contributed by atoms with Crippen LogP contribution in [0.5, 0.6) is 5.75 Å². The highest BCUT2D eigenvalue weighted by atomic mass is 32.1. The number of hydrogen-bond acceptors (Lipinski definition) is 3. The molecule has 2 atom stereocenters. The van der Waals surface area contributed by atoms with E-state index < -0.39 is 0 Å². The predicted molar refractivity (Wildman–Crippen MR) is 145 cm³/mol. The molecule has 1 aliphatic rings. The number of allylic oxidation sites excluding steroid dienone is 1. The normalized spacial score (nSPS) is 16.6. The number of thiocarbonyl (C=S) groups is 1. The number of Topliss-reactive ketones (excluding diaryl/α,β-unsaturated/α-hetero) is 1. The minimum Gasteiger partial charge on any atom is -0.508 e. The van der Waals surface area contributed by atoms with Crippen LogP contribution in [-0.4, -0.2) is 15.8 Å². The average molecular weight is 463 g/mol. The molecule has 2 aromatic rings. The van der Waals surface area contributed by atoms with Crippen LogP contribution in [-0.2, 0) is 11.2 Å². The Kier molecular flexibility index (Phi) is 11.8. The first-order chi connectivity index (χ1) is 15.7. The summed E-state index contributed by atoms with van der Waals surface area (Å²) in [6, 6.07) is 11.4. The SMILES string of the molecule is C=C1CC(CC(C)=S)C(=O)C1c1c(C)cc(C#CC)cc1C.CC.CCc1cccc(O)c1. The van der Waals surface area contributed by atoms with Crippen LogP contribution in [0.2, 0.25) is 0 Å². The van der Waals surface area contributed by atoms with Crippen molar-refractivity contribution in [2.75, 3.05) is 0 Å². The monoisotopic (exact) mass is 462 g/mol. The predicted octanol–water partition coefficient (Wildman–Crippen LogP) is 7.66. The highest BCUT2D eigenvalue weighted by molar-refractivity contribution is 7.80. The molecule has 176 valence electrons. The van der Waals surface area contributed by atoms with Gasteiger partial charge in [0.15, 0.2) is 0 Å². The molecule has 2 nitrogen and oxygen atoms in total. The summed E-state index contributed by atoms with van der Waals surface area (Å²) in [6.07, 6.45) is 2.43. The van der Waals surface area contributed by atoms with E-state index >= 15 is 0 Å². The van der Waals surface area contributed by atoms with Gasteiger partial charge in [0, 0.05) is 11.5 Å². The summed E-state index contributed by atoms with van der Waals surface area (Å²) in [6.45, 7) is 18.1. The van der Waals surface area contributed by atoms with E-state index in [2.05, 4.69) is 51.3 Å². The van der Waals surface area contributed by atoms with Crippen molar-refractivity contribution in [2.45, 2.75) is 73.6 Å². The molecular weight excluding hydrogens is 424 g/mol. The zero-order valence-corrected chi connectivity index (χ0v) is 22.0. The van der Waals surface area contributed by atoms with Gasteiger partial charge in [-0.3, -0.25) is 4.79 Å². The summed E-state index contributed by atoms with van der Waals surface area (Å²) in [5, 5.41) is 8.94. The maximum Gasteiger partial charge on any atom is 0.148 e. The molecule has 0 radical (unpaired) electrons. The van der Waals surface area contributed by atoms with Crippen molar-refractivity contribution < 1.29 is 9.90 Å². The molecule has 3 rings (SSSR count). The molecule has 1 aliphatic carbocycles. The van der Waals surface area contributed by atoms with Crippen LogP contribution in [0.25, 0.3) is 0 Å². The third-order valence-corrected chi connectivity index (χ3v) is 5.77. The van der Waals surface area contributed by atoms with E-state index in [0.29, 0.717) is 12.2 Å². The highest BCUT2D eigenvalue weighted by Crippen LogP contribution is 2.42. The van der Waals surface area contributed by atoms with Crippen LogP contribution in [0.15, 0.2) is 48.6 Å². The summed E-state index contributed by atoms with van der Waals surface area (Å²) in [5.74, 6) is 6.47. The van der Waals surface area contributed by atoms with E-state index in [1.807, 2.05) is 39.8 Å². The van der Waals surface area contributed by atoms with Crippen LogP contribution in [0.3, 0.4) is 0 Å². The quantitative estimate of drug-likeness (QED) is 0.288. The summed E-state index contributed by atoms with van der Waals surface area (Å²) < 4.78 is 0. The Balaban J connectivity index is 0.000000412. The molecule has 1 saturated carbocycles. The maximum absolute atomic E-state index is 12.8. The second-order valence-electron chi connectivity index (χ2n) is 8.22. The van der Waals surface area contributed by atoms with Crippen LogP contribution < -0.4 is 0 Å². The first-order valence-electron chi connectivity index (χ1n) is 11.7. The van der Waals surface area contributed by atoms with E-state index in [0.717, 1.165) is 45.5 Å². The van der Waals surface area contributed by atoms with Gasteiger partial charge in [0.05, 0.1) is 5.92 Å². The molecule has 33 heavy (non-hydrogen) atoms. The van der Waals surface area contributed by atoms with E-state index in [9.17, 15) is 4.79 Å². The third kappa shape index (κ3) is 7.98. The lowest BCUT2D eigenvalue weighted by atomic mass is 9.85. The van der Waals surface area contributed by atoms with Crippen molar-refractivity contribution in [1.29, 1.82) is 0 Å². The van der Waals surface area contributed by atoms with Crippen LogP contribution in [0.4, 0.5) is 0 Å². The number of phenolic OH excluding ortho intramolecular Hbond substituents is 1. The summed E-state index contributed by atoms with van der Waals surface area (Å²) >= 11 is 5.18. The van der Waals surface area contributed by atoms with Crippen LogP contribution in [0, 0.1) is 31.6 Å². The molecule has 0 bridgehead atoms. The van der Waals surface area contributed by atoms with Crippen molar-refractivity contribution >= 4 is 22.9 Å². The van der Waals surface area contributed by atoms with Gasteiger partial charge in [0.1, 0.15) is 11.5 Å². The first kappa shape index (κ1) is 28.3. The maximum atomic E-state index is 12.8. The van der Waals surface area contributed by atoms with E-state index in [1.54, 1.807) is 12.1 Å². The van der Waals surface area contributed by atoms with Gasteiger partial charge in [-0.15, -0.1) is 5.92 Å². The Labute approximate surface area is 206 Å². The Morgan fingerprint density at radius 1 is 1.18 bits per heavy atom. The van der Waals surface area contributed by atoms with Gasteiger partial charge in [-0.2, -0.15) is 0 Å². The molecule has 2 aromatic carbocycles. The Hall–Kier alpha value is -2.70. The number of rotatable bonds is 4. The summed E-state index contributed by atoms with van der Waals surface area (Å²) in [4.78, 5) is 13.7. The molecule has 1 N–H and O–H groups in total. The average Bonchev–Trinajstić information content (AvgIpc) is 3.02. The van der Waals surface area contributed by atoms with Crippen LogP contribution in [0.1, 0.15) is 81.2 Å². The molecule has 0 heterocycles. The molecule has 0 spiro atoms. The summed E-state index contributed by atoms with van der Waals surface area (Å²) in [5.41, 5.74) is 6.56. The highest BCUT2D eigenvalue weighted by Gasteiger charge is 2.39. The lowest BCUT2D eigenvalue weighted by Gasteiger charge is -2.18. The van der Waals surface area contributed by atoms with Crippen molar-refractivity contribution in [3.8, 4) is 17.6 Å². The fourth-order valence-corrected chi connectivity index (χ4v) is 4.46. The van der Waals surface area contributed by atoms with Crippen LogP contribution >= 0.6 is 12.2 Å². The fourth-order valence-electron chi connectivity index (χ4n) is 4.26. The molecule has 0 aliphatic heterocycles. The van der Waals surface area contributed by atoms with Crippen molar-refractivity contribution in [3.63, 3.8) is 0 Å². The van der Waals surface area contributed by atoms with E-state index in [1.165, 1.54) is 5.56 Å². The number of carbonyl (C=O) groups excluding carboxylic acids is 1. The Morgan fingerprint density at radius 2 is 1.79 bits per heavy atom. The Bertz CT molecular complexity index is 1030. The minimum atomic E-state index is -0.178. The molecule has 0 amide bonds. The molecule has 0 aromatic heterocycles. The first-order valence-corrected chi connectivity index (χ1v) is 12.1. The van der Waals surface area contributed by atoms with Gasteiger partial charge >= 0.3 is 0 Å². The number of hydrogen-bond donors (Lipinski definition) is 1. The Morgan fingerprint density at radius 3 is 2.24 bits per heavy atom. The standard InChI is InChI=1S/C20H22OS.C8H10O.C2H6/c1-6-7-16-8-12(2)18(13(3)9-16)19-14(4)10-17(20(19)21)11-15(5)22;1-2-7-4-3-5-8(9)6-7;1-2/h8-9,17,19H,4,10-11H2,1-3,5H3;3-6,9H,2H2,1H3;1-2H3. The van der Waals surface area contributed by atoms with E-state index in [-0.39, 0.29) is 17.6 Å². The van der Waals surface area contributed by atoms with Gasteiger partial charge in [-0.05, 0) is 98.3 Å². The molecule has 2 unspecified atom stereocenters. The van der Waals surface area contributed by atoms with Gasteiger partial charge in [0.25, 0.3) is 0 Å². The molecule has 1 fully saturated rings. The number of carbonyl (C=O) groups is 1. The zero-order chi connectivity index (χ0) is 25.1. The number of ketones is 1. The lowest BCUT2D eigenvalue weighted by molar-refractivity contribution is -0.121. The topological polar surface area (TPSA) is 37.3 Å². The zero-order valence-electron chi connectivity index (χ0n) is 21.2. The van der Waals surface area contributed by atoms with E-state index in [4.69, 9.17) is 17.3 Å². The van der Waals surface area contributed by atoms with Gasteiger partial charge in [0.2, 0.25) is 0 Å². The van der Waals surface area contributed by atoms with Gasteiger partial charge < -0.3 is 5.11 Å². The summed E-state index contributed by atoms with van der Waals surface area (Å²) in [7, 11) is 0. The third-order valence-electron chi connectivity index (χ3n) is 5.61. The number of aromatic hydroxyl groups is 1. The smallest absolute Gasteiger partial charge is 0.148 e. The largest absolute Gasteiger partial charge is 0.508 e. The fraction of sp³-hybridized carbons (Fsp3) is 0.400. The van der Waals surface area contributed by atoms with Crippen molar-refractivity contribution in [1.82, 2.24) is 0 Å². The van der Waals surface area contributed by atoms with Crippen molar-refractivity contribution in [2.24, 2.45) is 5.92 Å². The molecule has 0 saturated heterocycles. The van der Waals surface area contributed by atoms with Gasteiger partial charge in [-0.25, -0.2) is 0 Å². The number of aryl methyl sites for hydroxylation is 3. The second kappa shape index (κ2) is 13.8. The second-order valence-corrected chi connectivity index (χ2v) is 8.92.